The third-order valence-electron chi connectivity index (χ3n) is 3.66. The topological polar surface area (TPSA) is 54.0 Å². The van der Waals surface area contributed by atoms with Gasteiger partial charge in [0, 0.05) is 23.7 Å². The highest BCUT2D eigenvalue weighted by Crippen LogP contribution is 2.33. The number of halogens is 1. The van der Waals surface area contributed by atoms with Crippen molar-refractivity contribution in [3.8, 4) is 16.7 Å². The summed E-state index contributed by atoms with van der Waals surface area (Å²) < 4.78 is 14.9. The second kappa shape index (κ2) is 6.67. The Morgan fingerprint density at radius 2 is 1.88 bits per heavy atom. The SMILES string of the molecule is N#CSc1c(-c2ccc(F)cc2)nc2sc(Cc3ccccc3)nn12. The van der Waals surface area contributed by atoms with E-state index in [4.69, 9.17) is 5.26 Å². The van der Waals surface area contributed by atoms with Crippen molar-refractivity contribution in [1.29, 1.82) is 5.26 Å². The number of nitriles is 1. The lowest BCUT2D eigenvalue weighted by Gasteiger charge is -2.00. The van der Waals surface area contributed by atoms with Crippen LogP contribution < -0.4 is 0 Å². The molecule has 0 aliphatic heterocycles. The number of benzene rings is 2. The summed E-state index contributed by atoms with van der Waals surface area (Å²) in [5, 5.41) is 17.4. The van der Waals surface area contributed by atoms with Gasteiger partial charge in [-0.3, -0.25) is 0 Å². The van der Waals surface area contributed by atoms with Crippen molar-refractivity contribution in [3.63, 3.8) is 0 Å². The van der Waals surface area contributed by atoms with Crippen LogP contribution in [-0.2, 0) is 6.42 Å². The van der Waals surface area contributed by atoms with Crippen LogP contribution in [0.2, 0.25) is 0 Å². The summed E-state index contributed by atoms with van der Waals surface area (Å²) in [6.45, 7) is 0. The third-order valence-corrected chi connectivity index (χ3v) is 5.22. The summed E-state index contributed by atoms with van der Waals surface area (Å²) in [7, 11) is 0. The predicted octanol–water partition coefficient (Wildman–Crippen LogP) is 4.76. The zero-order chi connectivity index (χ0) is 17.2. The summed E-state index contributed by atoms with van der Waals surface area (Å²) in [5.41, 5.74) is 2.59. The molecule has 122 valence electrons. The highest BCUT2D eigenvalue weighted by Gasteiger charge is 2.19. The molecule has 0 fully saturated rings. The van der Waals surface area contributed by atoms with Crippen molar-refractivity contribution in [2.75, 3.05) is 0 Å². The maximum Gasteiger partial charge on any atom is 0.213 e. The van der Waals surface area contributed by atoms with E-state index in [-0.39, 0.29) is 5.82 Å². The van der Waals surface area contributed by atoms with Crippen molar-refractivity contribution >= 4 is 28.1 Å². The summed E-state index contributed by atoms with van der Waals surface area (Å²) in [6.07, 6.45) is 0.720. The number of aromatic nitrogens is 3. The first-order valence-electron chi connectivity index (χ1n) is 7.49. The molecule has 25 heavy (non-hydrogen) atoms. The normalized spacial score (nSPS) is 10.9. The van der Waals surface area contributed by atoms with Crippen molar-refractivity contribution in [1.82, 2.24) is 14.6 Å². The molecule has 0 spiro atoms. The molecule has 0 amide bonds. The van der Waals surface area contributed by atoms with E-state index in [0.29, 0.717) is 10.7 Å². The number of fused-ring (bicyclic) bond motifs is 1. The lowest BCUT2D eigenvalue weighted by atomic mass is 10.2. The average Bonchev–Trinajstić information content (AvgIpc) is 3.15. The predicted molar refractivity (Wildman–Crippen MR) is 97.0 cm³/mol. The van der Waals surface area contributed by atoms with E-state index in [0.717, 1.165) is 33.7 Å². The van der Waals surface area contributed by atoms with Gasteiger partial charge in [0.2, 0.25) is 4.96 Å². The average molecular weight is 366 g/mol. The summed E-state index contributed by atoms with van der Waals surface area (Å²) in [5.74, 6) is -0.303. The van der Waals surface area contributed by atoms with Crippen molar-refractivity contribution in [3.05, 3.63) is 71.0 Å². The minimum absolute atomic E-state index is 0.303. The molecule has 0 atom stereocenters. The van der Waals surface area contributed by atoms with Crippen LogP contribution in [0.5, 0.6) is 0 Å². The summed E-state index contributed by atoms with van der Waals surface area (Å²) in [6, 6.07) is 16.2. The van der Waals surface area contributed by atoms with Crippen LogP contribution in [0.3, 0.4) is 0 Å². The fraction of sp³-hybridized carbons (Fsp3) is 0.0556. The maximum absolute atomic E-state index is 13.2. The Morgan fingerprint density at radius 1 is 1.12 bits per heavy atom. The van der Waals surface area contributed by atoms with E-state index in [2.05, 4.69) is 27.6 Å². The Morgan fingerprint density at radius 3 is 2.60 bits per heavy atom. The molecule has 0 N–H and O–H groups in total. The molecule has 2 aromatic carbocycles. The standard InChI is InChI=1S/C18H11FN4S2/c19-14-8-6-13(7-9-14)16-17(24-11-20)23-18(21-16)25-15(22-23)10-12-4-2-1-3-5-12/h1-9H,10H2. The molecule has 4 rings (SSSR count). The number of thiocyanates is 1. The number of rotatable bonds is 4. The molecule has 0 aliphatic carbocycles. The van der Waals surface area contributed by atoms with Gasteiger partial charge >= 0.3 is 0 Å². The number of thioether (sulfide) groups is 1. The maximum atomic E-state index is 13.2. The molecule has 0 bridgehead atoms. The Kier molecular flexibility index (Phi) is 4.22. The van der Waals surface area contributed by atoms with Crippen LogP contribution in [-0.4, -0.2) is 14.6 Å². The number of hydrogen-bond donors (Lipinski definition) is 0. The Hall–Kier alpha value is -2.69. The first-order valence-corrected chi connectivity index (χ1v) is 9.12. The zero-order valence-electron chi connectivity index (χ0n) is 12.9. The molecule has 0 saturated heterocycles. The first-order chi connectivity index (χ1) is 12.2. The lowest BCUT2D eigenvalue weighted by molar-refractivity contribution is 0.628. The van der Waals surface area contributed by atoms with E-state index in [9.17, 15) is 4.39 Å². The smallest absolute Gasteiger partial charge is 0.213 e. The Balaban J connectivity index is 1.76. The van der Waals surface area contributed by atoms with Gasteiger partial charge in [0.25, 0.3) is 0 Å². The molecule has 4 nitrogen and oxygen atoms in total. The molecule has 2 aromatic heterocycles. The van der Waals surface area contributed by atoms with E-state index in [1.807, 2.05) is 18.2 Å². The molecule has 2 heterocycles. The van der Waals surface area contributed by atoms with Gasteiger partial charge in [-0.05, 0) is 29.8 Å². The zero-order valence-corrected chi connectivity index (χ0v) is 14.5. The number of imidazole rings is 1. The van der Waals surface area contributed by atoms with Crippen LogP contribution in [0.4, 0.5) is 4.39 Å². The molecule has 0 unspecified atom stereocenters. The number of nitrogens with zero attached hydrogens (tertiary/aromatic N) is 4. The Labute approximate surface area is 151 Å². The van der Waals surface area contributed by atoms with Crippen LogP contribution in [0.15, 0.2) is 59.6 Å². The lowest BCUT2D eigenvalue weighted by Crippen LogP contribution is -1.92. The fourth-order valence-corrected chi connectivity index (χ4v) is 4.09. The molecular weight excluding hydrogens is 355 g/mol. The third kappa shape index (κ3) is 3.14. The second-order valence-electron chi connectivity index (χ2n) is 5.32. The van der Waals surface area contributed by atoms with Crippen molar-refractivity contribution < 1.29 is 4.39 Å². The largest absolute Gasteiger partial charge is 0.216 e. The monoisotopic (exact) mass is 366 g/mol. The van der Waals surface area contributed by atoms with E-state index in [1.165, 1.54) is 29.0 Å². The van der Waals surface area contributed by atoms with Gasteiger partial charge in [0.1, 0.15) is 26.9 Å². The van der Waals surface area contributed by atoms with Gasteiger partial charge in [-0.25, -0.2) is 9.37 Å². The second-order valence-corrected chi connectivity index (χ2v) is 7.13. The van der Waals surface area contributed by atoms with E-state index >= 15 is 0 Å². The van der Waals surface area contributed by atoms with Crippen LogP contribution in [0.25, 0.3) is 16.2 Å². The fourth-order valence-electron chi connectivity index (χ4n) is 2.54. The van der Waals surface area contributed by atoms with Gasteiger partial charge in [-0.2, -0.15) is 14.9 Å². The molecule has 0 aliphatic rings. The van der Waals surface area contributed by atoms with E-state index < -0.39 is 0 Å². The van der Waals surface area contributed by atoms with Gasteiger partial charge in [0.15, 0.2) is 0 Å². The van der Waals surface area contributed by atoms with Crippen LogP contribution >= 0.6 is 23.1 Å². The highest BCUT2D eigenvalue weighted by molar-refractivity contribution is 8.03. The van der Waals surface area contributed by atoms with E-state index in [1.54, 1.807) is 16.6 Å². The molecular formula is C18H11FN4S2. The summed E-state index contributed by atoms with van der Waals surface area (Å²) in [4.78, 5) is 5.34. The minimum Gasteiger partial charge on any atom is -0.216 e. The molecule has 4 aromatic rings. The van der Waals surface area contributed by atoms with Gasteiger partial charge in [-0.15, -0.1) is 0 Å². The molecule has 7 heteroatoms. The minimum atomic E-state index is -0.303. The quantitative estimate of drug-likeness (QED) is 0.386. The van der Waals surface area contributed by atoms with Crippen LogP contribution in [0, 0.1) is 16.5 Å². The molecule has 0 radical (unpaired) electrons. The van der Waals surface area contributed by atoms with Crippen molar-refractivity contribution in [2.45, 2.75) is 11.4 Å². The van der Waals surface area contributed by atoms with Crippen molar-refractivity contribution in [2.24, 2.45) is 0 Å². The molecule has 0 saturated carbocycles. The Bertz CT molecular complexity index is 1060. The first kappa shape index (κ1) is 15.8. The highest BCUT2D eigenvalue weighted by atomic mass is 32.2. The van der Waals surface area contributed by atoms with Crippen LogP contribution in [0.1, 0.15) is 10.6 Å². The van der Waals surface area contributed by atoms with Gasteiger partial charge in [0.05, 0.1) is 0 Å². The van der Waals surface area contributed by atoms with Gasteiger partial charge in [-0.1, -0.05) is 41.7 Å². The van der Waals surface area contributed by atoms with Gasteiger partial charge < -0.3 is 0 Å². The number of hydrogen-bond acceptors (Lipinski definition) is 5. The summed E-state index contributed by atoms with van der Waals surface area (Å²) >= 11 is 2.51.